The molecule has 0 rings (SSSR count). The zero-order valence-corrected chi connectivity index (χ0v) is 5.53. The van der Waals surface area contributed by atoms with Crippen molar-refractivity contribution in [2.45, 2.75) is 6.32 Å². The Hall–Kier alpha value is 0.423. The quantitative estimate of drug-likeness (QED) is 0.451. The number of hydrogen-bond donors (Lipinski definition) is 0. The third-order valence-corrected chi connectivity index (χ3v) is 0.0833. The molecule has 0 heterocycles. The van der Waals surface area contributed by atoms with Crippen LogP contribution < -0.4 is 0 Å². The zero-order chi connectivity index (χ0) is 3.41. The van der Waals surface area contributed by atoms with Gasteiger partial charge < -0.3 is 4.79 Å². The molecule has 3 heteroatoms. The van der Waals surface area contributed by atoms with E-state index in [1.807, 2.05) is 0 Å². The average Bonchev–Trinajstić information content (AvgIpc) is 1.37. The van der Waals surface area contributed by atoms with Gasteiger partial charge in [0.2, 0.25) is 0 Å². The van der Waals surface area contributed by atoms with Crippen LogP contribution in [0.2, 0.25) is 6.32 Å². The van der Waals surface area contributed by atoms with Gasteiger partial charge in [-0.2, -0.15) is 6.32 Å². The van der Waals surface area contributed by atoms with Gasteiger partial charge in [0.25, 0.3) is 0 Å². The second-order valence-corrected chi connectivity index (χ2v) is 0.348. The van der Waals surface area contributed by atoms with Gasteiger partial charge in [-0.3, -0.25) is 6.29 Å². The molecule has 5 heavy (non-hydrogen) atoms. The topological polar surface area (TPSA) is 17.1 Å². The van der Waals surface area contributed by atoms with Gasteiger partial charge in [-0.25, -0.2) is 0 Å². The first-order valence-corrected chi connectivity index (χ1v) is 0.966. The molecular weight excluding hydrogens is 235 g/mol. The molecule has 0 aromatic carbocycles. The van der Waals surface area contributed by atoms with E-state index in [9.17, 15) is 0 Å². The van der Waals surface area contributed by atoms with Crippen LogP contribution >= 0.6 is 0 Å². The summed E-state index contributed by atoms with van der Waals surface area (Å²) in [4.78, 5) is 8.92. The third-order valence-electron chi connectivity index (χ3n) is 0.0833. The molecule has 0 saturated carbocycles. The first-order chi connectivity index (χ1) is 1.91. The molecule has 0 atom stereocenters. The minimum atomic E-state index is 0. The van der Waals surface area contributed by atoms with E-state index < -0.39 is 0 Å². The summed E-state index contributed by atoms with van der Waals surface area (Å²) in [6, 6.07) is 0. The van der Waals surface area contributed by atoms with E-state index in [1.54, 1.807) is 0 Å². The van der Waals surface area contributed by atoms with Gasteiger partial charge in [0.05, 0.1) is 0 Å². The predicted octanol–water partition coefficient (Wildman–Crippen LogP) is -0.320. The molecule has 1 nitrogen and oxygen atoms in total. The van der Waals surface area contributed by atoms with Gasteiger partial charge >= 0.3 is 0 Å². The summed E-state index contributed by atoms with van der Waals surface area (Å²) in [6.07, 6.45) is 1.47. The van der Waals surface area contributed by atoms with E-state index in [0.717, 1.165) is 0 Å². The molecule has 0 spiro atoms. The average molecular weight is 237 g/mol. The summed E-state index contributed by atoms with van der Waals surface area (Å²) in [5, 5.41) is 0. The van der Waals surface area contributed by atoms with Gasteiger partial charge in [-0.15, -0.1) is 0 Å². The van der Waals surface area contributed by atoms with Gasteiger partial charge in [0, 0.05) is 28.9 Å². The van der Waals surface area contributed by atoms with Crippen LogP contribution in [-0.4, -0.2) is 14.1 Å². The molecule has 0 aromatic rings. The van der Waals surface area contributed by atoms with Crippen molar-refractivity contribution >= 4 is 14.1 Å². The van der Waals surface area contributed by atoms with Crippen molar-refractivity contribution in [3.8, 4) is 0 Å². The van der Waals surface area contributed by atoms with E-state index in [1.165, 1.54) is 6.29 Å². The summed E-state index contributed by atoms with van der Waals surface area (Å²) < 4.78 is 0. The first kappa shape index (κ1) is 9.05. The molecule has 0 amide bonds. The molecule has 0 aliphatic heterocycles. The Kier molecular flexibility index (Phi) is 16.0. The molecule has 0 unspecified atom stereocenters. The largest absolute Gasteiger partial charge is 0.542 e. The standard InChI is InChI=1S/C2H2BO.W/c3-1-2-4;/h1H2;/q-1;. The van der Waals surface area contributed by atoms with Crippen molar-refractivity contribution in [2.75, 3.05) is 0 Å². The summed E-state index contributed by atoms with van der Waals surface area (Å²) in [7, 11) is 4.60. The van der Waals surface area contributed by atoms with Crippen LogP contribution in [-0.2, 0) is 25.9 Å². The van der Waals surface area contributed by atoms with Gasteiger partial charge in [0.15, 0.2) is 0 Å². The summed E-state index contributed by atoms with van der Waals surface area (Å²) >= 11 is 0. The molecular formula is C2H2BOW-. The van der Waals surface area contributed by atoms with E-state index in [0.29, 0.717) is 0 Å². The van der Waals surface area contributed by atoms with Crippen molar-refractivity contribution in [2.24, 2.45) is 0 Å². The molecule has 2 radical (unpaired) electrons. The van der Waals surface area contributed by atoms with Crippen LogP contribution in [0.25, 0.3) is 0 Å². The van der Waals surface area contributed by atoms with E-state index in [2.05, 4.69) is 7.85 Å². The summed E-state index contributed by atoms with van der Waals surface area (Å²) in [5.41, 5.74) is 0. The van der Waals surface area contributed by atoms with Gasteiger partial charge in [-0.05, 0) is 0 Å². The summed E-state index contributed by atoms with van der Waals surface area (Å²) in [6.45, 7) is 0. The second kappa shape index (κ2) is 8.83. The minimum absolute atomic E-state index is 0. The van der Waals surface area contributed by atoms with Gasteiger partial charge in [-0.1, -0.05) is 0 Å². The fraction of sp³-hybridized carbons (Fsp3) is 0.500. The van der Waals surface area contributed by atoms with Crippen LogP contribution in [0.3, 0.4) is 0 Å². The van der Waals surface area contributed by atoms with E-state index in [-0.39, 0.29) is 27.4 Å². The van der Waals surface area contributed by atoms with Crippen LogP contribution in [0.15, 0.2) is 0 Å². The zero-order valence-electron chi connectivity index (χ0n) is 2.60. The summed E-state index contributed by atoms with van der Waals surface area (Å²) in [5.74, 6) is 0. The minimum Gasteiger partial charge on any atom is -0.542 e. The second-order valence-electron chi connectivity index (χ2n) is 0.348. The van der Waals surface area contributed by atoms with Crippen LogP contribution in [0.1, 0.15) is 0 Å². The number of carbonyl (C=O) groups excluding carboxylic acids is 1. The Balaban J connectivity index is 0. The van der Waals surface area contributed by atoms with Crippen molar-refractivity contribution < 1.29 is 25.9 Å². The monoisotopic (exact) mass is 237 g/mol. The van der Waals surface area contributed by atoms with Gasteiger partial charge in [0.1, 0.15) is 0 Å². The van der Waals surface area contributed by atoms with Crippen LogP contribution in [0.5, 0.6) is 0 Å². The Bertz CT molecular complexity index is 23.6. The Morgan fingerprint density at radius 2 is 2.00 bits per heavy atom. The molecule has 0 saturated heterocycles. The van der Waals surface area contributed by atoms with Crippen molar-refractivity contribution in [3.05, 3.63) is 0 Å². The fourth-order valence-electron chi connectivity index (χ4n) is 0. The molecule has 0 N–H and O–H groups in total. The van der Waals surface area contributed by atoms with Crippen molar-refractivity contribution in [3.63, 3.8) is 0 Å². The molecule has 0 aliphatic carbocycles. The fourth-order valence-corrected chi connectivity index (χ4v) is 0. The van der Waals surface area contributed by atoms with E-state index >= 15 is 0 Å². The molecule has 0 aromatic heterocycles. The van der Waals surface area contributed by atoms with E-state index in [4.69, 9.17) is 4.79 Å². The third kappa shape index (κ3) is 12.8. The molecule has 26 valence electrons. The van der Waals surface area contributed by atoms with Crippen molar-refractivity contribution in [1.82, 2.24) is 0 Å². The SMILES string of the molecule is [B]C[C-]=O.[W]. The molecule has 0 aliphatic rings. The van der Waals surface area contributed by atoms with Crippen LogP contribution in [0.4, 0.5) is 0 Å². The Labute approximate surface area is 46.8 Å². The number of rotatable bonds is 1. The first-order valence-electron chi connectivity index (χ1n) is 0.966. The number of hydrogen-bond acceptors (Lipinski definition) is 1. The predicted molar refractivity (Wildman–Crippen MR) is 16.3 cm³/mol. The maximum atomic E-state index is 8.92. The molecule has 0 fully saturated rings. The maximum Gasteiger partial charge on any atom is 0.0316 e. The smallest absolute Gasteiger partial charge is 0.0316 e. The Morgan fingerprint density at radius 3 is 2.00 bits per heavy atom. The van der Waals surface area contributed by atoms with Crippen LogP contribution in [0, 0.1) is 0 Å². The normalized spacial score (nSPS) is 4.80. The maximum absolute atomic E-state index is 8.92. The van der Waals surface area contributed by atoms with Crippen molar-refractivity contribution in [1.29, 1.82) is 0 Å². The molecule has 0 bridgehead atoms. The Morgan fingerprint density at radius 1 is 1.80 bits per heavy atom.